The highest BCUT2D eigenvalue weighted by Gasteiger charge is 2.52. The number of benzene rings is 2. The largest absolute Gasteiger partial charge is 0.467 e. The van der Waals surface area contributed by atoms with Gasteiger partial charge in [-0.05, 0) is 55.0 Å². The number of urea groups is 1. The highest BCUT2D eigenvalue weighted by molar-refractivity contribution is 6.21. The minimum absolute atomic E-state index is 0.127. The molecule has 28 heavy (non-hydrogen) atoms. The molecule has 2 aromatic rings. The van der Waals surface area contributed by atoms with Gasteiger partial charge in [-0.25, -0.2) is 9.18 Å². The second kappa shape index (κ2) is 8.08. The van der Waals surface area contributed by atoms with Gasteiger partial charge >= 0.3 is 6.03 Å². The quantitative estimate of drug-likeness (QED) is 0.712. The monoisotopic (exact) mass is 386 g/mol. The average Bonchev–Trinajstić information content (AvgIpc) is 2.67. The molecule has 0 aliphatic carbocycles. The third kappa shape index (κ3) is 4.11. The molecule has 1 aliphatic rings. The first-order chi connectivity index (χ1) is 13.4. The van der Waals surface area contributed by atoms with E-state index in [1.807, 2.05) is 6.92 Å². The Hall–Kier alpha value is -3.42. The van der Waals surface area contributed by atoms with Crippen molar-refractivity contribution in [1.29, 1.82) is 0 Å². The zero-order valence-electron chi connectivity index (χ0n) is 15.2. The molecule has 1 heterocycles. The molecule has 0 saturated carbocycles. The molecule has 1 saturated heterocycles. The second-order valence-electron chi connectivity index (χ2n) is 6.30. The highest BCUT2D eigenvalue weighted by atomic mass is 19.1. The van der Waals surface area contributed by atoms with E-state index >= 15 is 0 Å². The van der Waals surface area contributed by atoms with E-state index in [0.29, 0.717) is 17.9 Å². The molecule has 146 valence electrons. The third-order valence-corrected chi connectivity index (χ3v) is 4.24. The number of rotatable bonds is 7. The van der Waals surface area contributed by atoms with Crippen LogP contribution < -0.4 is 20.1 Å². The predicted octanol–water partition coefficient (Wildman–Crippen LogP) is 3.29. The number of imide groups is 2. The Morgan fingerprint density at radius 2 is 1.36 bits per heavy atom. The molecule has 0 aromatic heterocycles. The first kappa shape index (κ1) is 19.3. The maximum absolute atomic E-state index is 13.0. The van der Waals surface area contributed by atoms with Gasteiger partial charge in [-0.1, -0.05) is 13.3 Å². The van der Waals surface area contributed by atoms with Crippen LogP contribution in [0.3, 0.4) is 0 Å². The van der Waals surface area contributed by atoms with Crippen LogP contribution in [0.1, 0.15) is 26.2 Å². The van der Waals surface area contributed by atoms with Crippen molar-refractivity contribution in [3.63, 3.8) is 0 Å². The maximum Gasteiger partial charge on any atom is 0.328 e. The van der Waals surface area contributed by atoms with Gasteiger partial charge in [0.2, 0.25) is 0 Å². The van der Waals surface area contributed by atoms with Crippen LogP contribution in [-0.4, -0.2) is 23.4 Å². The van der Waals surface area contributed by atoms with E-state index in [9.17, 15) is 18.8 Å². The van der Waals surface area contributed by atoms with Gasteiger partial charge in [0.15, 0.2) is 0 Å². The summed E-state index contributed by atoms with van der Waals surface area (Å²) in [5, 5.41) is 4.18. The van der Waals surface area contributed by atoms with E-state index in [-0.39, 0.29) is 18.0 Å². The minimum atomic E-state index is -1.82. The molecule has 0 spiro atoms. The molecule has 2 aromatic carbocycles. The van der Waals surface area contributed by atoms with E-state index in [0.717, 1.165) is 6.42 Å². The lowest BCUT2D eigenvalue weighted by molar-refractivity contribution is -0.152. The molecule has 0 unspecified atom stereocenters. The number of ether oxygens (including phenoxy) is 2. The second-order valence-corrected chi connectivity index (χ2v) is 6.30. The molecule has 2 N–H and O–H groups in total. The summed E-state index contributed by atoms with van der Waals surface area (Å²) in [6.07, 6.45) is 1.42. The summed E-state index contributed by atoms with van der Waals surface area (Å²) in [6, 6.07) is 11.0. The Balaban J connectivity index is 1.77. The summed E-state index contributed by atoms with van der Waals surface area (Å²) in [4.78, 5) is 36.2. The molecule has 0 radical (unpaired) electrons. The normalized spacial score (nSPS) is 15.6. The van der Waals surface area contributed by atoms with Crippen molar-refractivity contribution in [3.8, 4) is 17.2 Å². The average molecular weight is 386 g/mol. The zero-order valence-corrected chi connectivity index (χ0v) is 15.2. The number of hydrogen-bond acceptors (Lipinski definition) is 5. The topological polar surface area (TPSA) is 93.7 Å². The molecule has 0 atom stereocenters. The molecule has 1 aliphatic heterocycles. The standard InChI is InChI=1S/C20H19FN2O5/c1-2-3-12-20(17(24)22-19(26)23-18(20)25)28-16-10-8-15(9-11-16)27-14-6-4-13(21)5-7-14/h4-11H,2-3,12H2,1H3,(H2,22,23,24,25,26). The van der Waals surface area contributed by atoms with Crippen LogP contribution in [0.2, 0.25) is 0 Å². The SMILES string of the molecule is CCCCC1(Oc2ccc(Oc3ccc(F)cc3)cc2)C(=O)NC(=O)NC1=O. The van der Waals surface area contributed by atoms with Gasteiger partial charge < -0.3 is 9.47 Å². The number of carbonyl (C=O) groups is 3. The molecular formula is C20H19FN2O5. The van der Waals surface area contributed by atoms with Gasteiger partial charge in [-0.3, -0.25) is 20.2 Å². The lowest BCUT2D eigenvalue weighted by Crippen LogP contribution is -2.69. The summed E-state index contributed by atoms with van der Waals surface area (Å²) < 4.78 is 24.3. The smallest absolute Gasteiger partial charge is 0.328 e. The molecule has 8 heteroatoms. The van der Waals surface area contributed by atoms with Gasteiger partial charge in [0.1, 0.15) is 23.1 Å². The third-order valence-electron chi connectivity index (χ3n) is 4.24. The van der Waals surface area contributed by atoms with Crippen molar-refractivity contribution >= 4 is 17.8 Å². The van der Waals surface area contributed by atoms with Crippen molar-refractivity contribution in [3.05, 3.63) is 54.3 Å². The Kier molecular flexibility index (Phi) is 5.58. The van der Waals surface area contributed by atoms with Crippen molar-refractivity contribution in [2.45, 2.75) is 31.8 Å². The minimum Gasteiger partial charge on any atom is -0.467 e. The van der Waals surface area contributed by atoms with Crippen molar-refractivity contribution in [1.82, 2.24) is 10.6 Å². The van der Waals surface area contributed by atoms with Crippen LogP contribution in [0, 0.1) is 5.82 Å². The lowest BCUT2D eigenvalue weighted by atomic mass is 9.92. The van der Waals surface area contributed by atoms with Crippen molar-refractivity contribution in [2.24, 2.45) is 0 Å². The molecule has 7 nitrogen and oxygen atoms in total. The Morgan fingerprint density at radius 3 is 1.89 bits per heavy atom. The van der Waals surface area contributed by atoms with Crippen LogP contribution in [0.4, 0.5) is 9.18 Å². The molecule has 1 fully saturated rings. The summed E-state index contributed by atoms with van der Waals surface area (Å²) in [7, 11) is 0. The number of amides is 4. The lowest BCUT2D eigenvalue weighted by Gasteiger charge is -2.34. The van der Waals surface area contributed by atoms with E-state index < -0.39 is 23.4 Å². The van der Waals surface area contributed by atoms with E-state index in [1.54, 1.807) is 24.3 Å². The number of hydrogen-bond donors (Lipinski definition) is 2. The Labute approximate surface area is 160 Å². The summed E-state index contributed by atoms with van der Waals surface area (Å²) in [5.74, 6) is -0.755. The first-order valence-corrected chi connectivity index (χ1v) is 8.82. The van der Waals surface area contributed by atoms with E-state index in [4.69, 9.17) is 9.47 Å². The zero-order chi connectivity index (χ0) is 20.1. The van der Waals surface area contributed by atoms with Gasteiger partial charge in [0.05, 0.1) is 0 Å². The number of nitrogens with one attached hydrogen (secondary N) is 2. The van der Waals surface area contributed by atoms with Gasteiger partial charge in [-0.15, -0.1) is 0 Å². The predicted molar refractivity (Wildman–Crippen MR) is 97.5 cm³/mol. The number of halogens is 1. The van der Waals surface area contributed by atoms with Gasteiger partial charge in [0, 0.05) is 6.42 Å². The number of barbiturate groups is 1. The van der Waals surface area contributed by atoms with Crippen LogP contribution in [0.15, 0.2) is 48.5 Å². The first-order valence-electron chi connectivity index (χ1n) is 8.82. The Bertz CT molecular complexity index is 860. The van der Waals surface area contributed by atoms with E-state index in [2.05, 4.69) is 10.6 Å². The van der Waals surface area contributed by atoms with Crippen LogP contribution in [0.25, 0.3) is 0 Å². The van der Waals surface area contributed by atoms with Crippen LogP contribution >= 0.6 is 0 Å². The van der Waals surface area contributed by atoms with Crippen molar-refractivity contribution in [2.75, 3.05) is 0 Å². The fourth-order valence-corrected chi connectivity index (χ4v) is 2.75. The summed E-state index contributed by atoms with van der Waals surface area (Å²) in [5.41, 5.74) is -1.82. The van der Waals surface area contributed by atoms with Gasteiger partial charge in [-0.2, -0.15) is 0 Å². The van der Waals surface area contributed by atoms with Crippen LogP contribution in [0.5, 0.6) is 17.2 Å². The van der Waals surface area contributed by atoms with Gasteiger partial charge in [0.25, 0.3) is 17.4 Å². The highest BCUT2D eigenvalue weighted by Crippen LogP contribution is 2.29. The molecule has 0 bridgehead atoms. The maximum atomic E-state index is 13.0. The van der Waals surface area contributed by atoms with Crippen molar-refractivity contribution < 1.29 is 28.2 Å². The molecule has 4 amide bonds. The number of carbonyl (C=O) groups excluding carboxylic acids is 3. The summed E-state index contributed by atoms with van der Waals surface area (Å²) >= 11 is 0. The van der Waals surface area contributed by atoms with Crippen LogP contribution in [-0.2, 0) is 9.59 Å². The molecular weight excluding hydrogens is 367 g/mol. The fourth-order valence-electron chi connectivity index (χ4n) is 2.75. The van der Waals surface area contributed by atoms with E-state index in [1.165, 1.54) is 24.3 Å². The fraction of sp³-hybridized carbons (Fsp3) is 0.250. The molecule has 3 rings (SSSR count). The number of unbranched alkanes of at least 4 members (excludes halogenated alkanes) is 1. The summed E-state index contributed by atoms with van der Waals surface area (Å²) in [6.45, 7) is 1.92. The Morgan fingerprint density at radius 1 is 0.857 bits per heavy atom.